The Kier molecular flexibility index (Phi) is 3.38. The summed E-state index contributed by atoms with van der Waals surface area (Å²) in [6.45, 7) is 0.0502. The molecule has 0 saturated carbocycles. The van der Waals surface area contributed by atoms with Crippen molar-refractivity contribution in [2.75, 3.05) is 4.72 Å². The summed E-state index contributed by atoms with van der Waals surface area (Å²) in [4.78, 5) is 3.55. The lowest BCUT2D eigenvalue weighted by Crippen LogP contribution is -2.30. The molecule has 0 radical (unpaired) electrons. The smallest absolute Gasteiger partial charge is 0.326 e. The molecule has 0 spiro atoms. The number of aromatic nitrogens is 1. The van der Waals surface area contributed by atoms with Gasteiger partial charge < -0.3 is 5.73 Å². The maximum absolute atomic E-state index is 12.0. The van der Waals surface area contributed by atoms with E-state index in [1.54, 1.807) is 0 Å². The number of hydrogen-bond donors (Lipinski definition) is 2. The van der Waals surface area contributed by atoms with Gasteiger partial charge in [0.2, 0.25) is 0 Å². The molecule has 0 amide bonds. The Labute approximate surface area is 89.5 Å². The highest BCUT2D eigenvalue weighted by atomic mass is 32.2. The summed E-state index contributed by atoms with van der Waals surface area (Å²) >= 11 is 0. The van der Waals surface area contributed by atoms with E-state index in [2.05, 4.69) is 4.98 Å². The van der Waals surface area contributed by atoms with E-state index in [-0.39, 0.29) is 12.2 Å². The molecule has 9 heteroatoms. The third-order valence-corrected chi connectivity index (χ3v) is 2.70. The van der Waals surface area contributed by atoms with Crippen molar-refractivity contribution in [2.24, 2.45) is 5.73 Å². The fourth-order valence-electron chi connectivity index (χ4n) is 0.868. The van der Waals surface area contributed by atoms with Gasteiger partial charge in [-0.3, -0.25) is 9.71 Å². The number of nitrogens with one attached hydrogen (secondary N) is 1. The minimum absolute atomic E-state index is 0.0502. The number of hydrogen-bond acceptors (Lipinski definition) is 4. The molecule has 1 aromatic rings. The normalized spacial score (nSPS) is 12.5. The van der Waals surface area contributed by atoms with Gasteiger partial charge in [-0.25, -0.2) is 0 Å². The highest BCUT2D eigenvalue weighted by Crippen LogP contribution is 2.25. The van der Waals surface area contributed by atoms with Crippen LogP contribution in [0.25, 0.3) is 0 Å². The zero-order valence-electron chi connectivity index (χ0n) is 7.82. The predicted molar refractivity (Wildman–Crippen MR) is 50.7 cm³/mol. The van der Waals surface area contributed by atoms with Gasteiger partial charge in [-0.15, -0.1) is 0 Å². The number of nitrogens with zero attached hydrogens (tertiary/aromatic N) is 1. The molecular weight excluding hydrogens is 247 g/mol. The van der Waals surface area contributed by atoms with Crippen molar-refractivity contribution in [3.8, 4) is 0 Å². The van der Waals surface area contributed by atoms with Gasteiger partial charge in [-0.05, 0) is 11.6 Å². The Morgan fingerprint density at radius 1 is 1.38 bits per heavy atom. The summed E-state index contributed by atoms with van der Waals surface area (Å²) in [5.41, 5.74) is 0.0147. The van der Waals surface area contributed by atoms with Crippen molar-refractivity contribution in [3.63, 3.8) is 0 Å². The van der Waals surface area contributed by atoms with Crippen LogP contribution in [-0.4, -0.2) is 18.9 Å². The number of rotatable bonds is 3. The molecule has 0 unspecified atom stereocenters. The largest absolute Gasteiger partial charge is 0.516 e. The van der Waals surface area contributed by atoms with Crippen LogP contribution in [0.3, 0.4) is 0 Å². The Bertz CT molecular complexity index is 472. The SMILES string of the molecule is NCc1cncc(NS(=O)(=O)C(F)(F)F)c1. The van der Waals surface area contributed by atoms with Crippen molar-refractivity contribution in [1.82, 2.24) is 4.98 Å². The molecule has 0 bridgehead atoms. The number of sulfonamides is 1. The van der Waals surface area contributed by atoms with Gasteiger partial charge in [0.25, 0.3) is 0 Å². The van der Waals surface area contributed by atoms with Crippen LogP contribution in [0.5, 0.6) is 0 Å². The van der Waals surface area contributed by atoms with Crippen molar-refractivity contribution in [3.05, 3.63) is 24.0 Å². The Balaban J connectivity index is 2.97. The average Bonchev–Trinajstić information content (AvgIpc) is 2.15. The minimum atomic E-state index is -5.41. The first-order valence-electron chi connectivity index (χ1n) is 3.99. The van der Waals surface area contributed by atoms with Gasteiger partial charge in [-0.1, -0.05) is 0 Å². The monoisotopic (exact) mass is 255 g/mol. The van der Waals surface area contributed by atoms with Crippen LogP contribution in [-0.2, 0) is 16.6 Å². The second-order valence-electron chi connectivity index (χ2n) is 2.84. The van der Waals surface area contributed by atoms with E-state index in [1.807, 2.05) is 0 Å². The van der Waals surface area contributed by atoms with Gasteiger partial charge >= 0.3 is 15.5 Å². The van der Waals surface area contributed by atoms with Crippen molar-refractivity contribution in [2.45, 2.75) is 12.1 Å². The van der Waals surface area contributed by atoms with Gasteiger partial charge in [0.1, 0.15) is 0 Å². The zero-order chi connectivity index (χ0) is 12.4. The summed E-state index contributed by atoms with van der Waals surface area (Å²) in [5.74, 6) is 0. The fourth-order valence-corrected chi connectivity index (χ4v) is 1.41. The van der Waals surface area contributed by atoms with E-state index < -0.39 is 15.5 Å². The van der Waals surface area contributed by atoms with E-state index in [0.717, 1.165) is 6.20 Å². The second-order valence-corrected chi connectivity index (χ2v) is 4.51. The van der Waals surface area contributed by atoms with Gasteiger partial charge in [0, 0.05) is 12.7 Å². The van der Waals surface area contributed by atoms with Crippen LogP contribution >= 0.6 is 0 Å². The molecule has 90 valence electrons. The fraction of sp³-hybridized carbons (Fsp3) is 0.286. The number of alkyl halides is 3. The van der Waals surface area contributed by atoms with Crippen molar-refractivity contribution < 1.29 is 21.6 Å². The van der Waals surface area contributed by atoms with Crippen LogP contribution in [0.15, 0.2) is 18.5 Å². The number of nitrogens with two attached hydrogens (primary N) is 1. The van der Waals surface area contributed by atoms with Crippen molar-refractivity contribution in [1.29, 1.82) is 0 Å². The predicted octanol–water partition coefficient (Wildman–Crippen LogP) is 0.802. The summed E-state index contributed by atoms with van der Waals surface area (Å²) in [6.07, 6.45) is 2.29. The number of halogens is 3. The van der Waals surface area contributed by atoms with E-state index >= 15 is 0 Å². The number of pyridine rings is 1. The molecule has 0 saturated heterocycles. The first kappa shape index (κ1) is 12.7. The lowest BCUT2D eigenvalue weighted by molar-refractivity contribution is -0.0429. The Morgan fingerprint density at radius 3 is 2.50 bits per heavy atom. The maximum Gasteiger partial charge on any atom is 0.516 e. The maximum atomic E-state index is 12.0. The minimum Gasteiger partial charge on any atom is -0.326 e. The second kappa shape index (κ2) is 4.26. The van der Waals surface area contributed by atoms with Gasteiger partial charge in [0.05, 0.1) is 11.9 Å². The van der Waals surface area contributed by atoms with E-state index in [4.69, 9.17) is 5.73 Å². The van der Waals surface area contributed by atoms with Crippen LogP contribution < -0.4 is 10.5 Å². The molecule has 0 aliphatic rings. The molecule has 0 aliphatic heterocycles. The van der Waals surface area contributed by atoms with Crippen LogP contribution in [0.4, 0.5) is 18.9 Å². The van der Waals surface area contributed by atoms with Gasteiger partial charge in [-0.2, -0.15) is 21.6 Å². The summed E-state index contributed by atoms with van der Waals surface area (Å²) in [7, 11) is -5.41. The molecular formula is C7H8F3N3O2S. The molecule has 1 rings (SSSR count). The van der Waals surface area contributed by atoms with Gasteiger partial charge in [0.15, 0.2) is 0 Å². The molecule has 5 nitrogen and oxygen atoms in total. The first-order valence-corrected chi connectivity index (χ1v) is 5.47. The van der Waals surface area contributed by atoms with Crippen LogP contribution in [0, 0.1) is 0 Å². The van der Waals surface area contributed by atoms with E-state index in [1.165, 1.54) is 17.0 Å². The quantitative estimate of drug-likeness (QED) is 0.836. The molecule has 0 aromatic carbocycles. The third-order valence-electron chi connectivity index (χ3n) is 1.59. The molecule has 0 fully saturated rings. The standard InChI is InChI=1S/C7H8F3N3O2S/c8-7(9,10)16(14,15)13-6-1-5(2-11)3-12-4-6/h1,3-4,13H,2,11H2. The number of anilines is 1. The van der Waals surface area contributed by atoms with E-state index in [9.17, 15) is 21.6 Å². The molecule has 16 heavy (non-hydrogen) atoms. The van der Waals surface area contributed by atoms with Crippen LogP contribution in [0.2, 0.25) is 0 Å². The summed E-state index contributed by atoms with van der Waals surface area (Å²) in [5, 5.41) is 0. The molecule has 0 atom stereocenters. The molecule has 3 N–H and O–H groups in total. The lowest BCUT2D eigenvalue weighted by atomic mass is 10.3. The highest BCUT2D eigenvalue weighted by molar-refractivity contribution is 7.93. The Morgan fingerprint density at radius 2 is 2.00 bits per heavy atom. The van der Waals surface area contributed by atoms with E-state index in [0.29, 0.717) is 5.56 Å². The zero-order valence-corrected chi connectivity index (χ0v) is 8.64. The molecule has 1 aromatic heterocycles. The average molecular weight is 255 g/mol. The highest BCUT2D eigenvalue weighted by Gasteiger charge is 2.46. The summed E-state index contributed by atoms with van der Waals surface area (Å²) in [6, 6.07) is 1.18. The third kappa shape index (κ3) is 2.83. The molecule has 0 aliphatic carbocycles. The van der Waals surface area contributed by atoms with Crippen LogP contribution in [0.1, 0.15) is 5.56 Å². The summed E-state index contributed by atoms with van der Waals surface area (Å²) < 4.78 is 58.8. The first-order chi connectivity index (χ1) is 7.26. The topological polar surface area (TPSA) is 85.1 Å². The molecule has 1 heterocycles. The van der Waals surface area contributed by atoms with Crippen molar-refractivity contribution >= 4 is 15.7 Å². The Hall–Kier alpha value is -1.35. The lowest BCUT2D eigenvalue weighted by Gasteiger charge is -2.10.